The summed E-state index contributed by atoms with van der Waals surface area (Å²) in [6, 6.07) is 13.5. The third-order valence-corrected chi connectivity index (χ3v) is 4.58. The molecule has 0 unspecified atom stereocenters. The van der Waals surface area contributed by atoms with Crippen LogP contribution in [0.15, 0.2) is 36.4 Å². The van der Waals surface area contributed by atoms with Crippen LogP contribution in [-0.4, -0.2) is 7.05 Å². The lowest BCUT2D eigenvalue weighted by Gasteiger charge is -2.30. The zero-order valence-electron chi connectivity index (χ0n) is 14.2. The number of anilines is 1. The highest BCUT2D eigenvalue weighted by molar-refractivity contribution is 5.54. The summed E-state index contributed by atoms with van der Waals surface area (Å²) in [4.78, 5) is 0. The molecular formula is C20H27N. The molecule has 0 aromatic heterocycles. The monoisotopic (exact) mass is 281 g/mol. The lowest BCUT2D eigenvalue weighted by atomic mass is 9.74. The highest BCUT2D eigenvalue weighted by Crippen LogP contribution is 2.37. The molecule has 0 saturated carbocycles. The normalized spacial score (nSPS) is 11.5. The molecule has 21 heavy (non-hydrogen) atoms. The van der Waals surface area contributed by atoms with Gasteiger partial charge in [0.2, 0.25) is 0 Å². The van der Waals surface area contributed by atoms with E-state index in [0.29, 0.717) is 0 Å². The molecule has 2 aromatic rings. The van der Waals surface area contributed by atoms with Gasteiger partial charge >= 0.3 is 0 Å². The molecule has 0 atom stereocenters. The van der Waals surface area contributed by atoms with Crippen molar-refractivity contribution in [3.63, 3.8) is 0 Å². The van der Waals surface area contributed by atoms with E-state index in [1.54, 1.807) is 0 Å². The first kappa shape index (κ1) is 15.6. The van der Waals surface area contributed by atoms with Gasteiger partial charge in [-0.1, -0.05) is 45.0 Å². The van der Waals surface area contributed by atoms with Crippen molar-refractivity contribution in [1.29, 1.82) is 0 Å². The summed E-state index contributed by atoms with van der Waals surface area (Å²) in [5.41, 5.74) is 8.13. The molecule has 112 valence electrons. The second-order valence-electron chi connectivity index (χ2n) is 6.41. The second kappa shape index (κ2) is 5.93. The first-order valence-electron chi connectivity index (χ1n) is 7.79. The number of hydrogen-bond donors (Lipinski definition) is 1. The lowest BCUT2D eigenvalue weighted by molar-refractivity contribution is 0.630. The maximum atomic E-state index is 3.26. The van der Waals surface area contributed by atoms with Crippen LogP contribution in [0.3, 0.4) is 0 Å². The molecule has 0 fully saturated rings. The van der Waals surface area contributed by atoms with E-state index in [9.17, 15) is 0 Å². The maximum Gasteiger partial charge on any atom is 0.0340 e. The Balaban J connectivity index is 2.61. The Morgan fingerprint density at radius 1 is 0.905 bits per heavy atom. The van der Waals surface area contributed by atoms with Gasteiger partial charge in [0.05, 0.1) is 0 Å². The molecule has 1 nitrogen and oxygen atoms in total. The Kier molecular flexibility index (Phi) is 4.41. The van der Waals surface area contributed by atoms with Gasteiger partial charge in [-0.3, -0.25) is 0 Å². The largest absolute Gasteiger partial charge is 0.388 e. The second-order valence-corrected chi connectivity index (χ2v) is 6.41. The summed E-state index contributed by atoms with van der Waals surface area (Å²) in [5.74, 6) is 0. The lowest BCUT2D eigenvalue weighted by Crippen LogP contribution is -2.22. The number of aryl methyl sites for hydroxylation is 3. The molecule has 2 rings (SSSR count). The van der Waals surface area contributed by atoms with Crippen molar-refractivity contribution in [2.45, 2.75) is 46.5 Å². The van der Waals surface area contributed by atoms with Gasteiger partial charge in [0.25, 0.3) is 0 Å². The average molecular weight is 281 g/mol. The van der Waals surface area contributed by atoms with Crippen molar-refractivity contribution in [3.8, 4) is 0 Å². The predicted octanol–water partition coefficient (Wildman–Crippen LogP) is 5.23. The van der Waals surface area contributed by atoms with Gasteiger partial charge in [-0.25, -0.2) is 0 Å². The van der Waals surface area contributed by atoms with Crippen LogP contribution in [0.4, 0.5) is 5.69 Å². The SMILES string of the molecule is CCc1ccc(C)c(C(C)(C)c2cc(NC)ccc2C)c1. The van der Waals surface area contributed by atoms with Gasteiger partial charge in [-0.15, -0.1) is 0 Å². The Bertz CT molecular complexity index is 583. The molecule has 0 heterocycles. The molecule has 1 N–H and O–H groups in total. The van der Waals surface area contributed by atoms with E-state index in [4.69, 9.17) is 0 Å². The van der Waals surface area contributed by atoms with E-state index in [-0.39, 0.29) is 5.41 Å². The summed E-state index contributed by atoms with van der Waals surface area (Å²) in [7, 11) is 1.98. The minimum Gasteiger partial charge on any atom is -0.388 e. The first-order chi connectivity index (χ1) is 9.90. The molecule has 0 aliphatic rings. The average Bonchev–Trinajstić information content (AvgIpc) is 2.48. The predicted molar refractivity (Wildman–Crippen MR) is 93.4 cm³/mol. The minimum absolute atomic E-state index is 0.00616. The van der Waals surface area contributed by atoms with Crippen LogP contribution in [-0.2, 0) is 11.8 Å². The maximum absolute atomic E-state index is 3.26. The summed E-state index contributed by atoms with van der Waals surface area (Å²) in [5, 5.41) is 3.26. The van der Waals surface area contributed by atoms with Gasteiger partial charge in [-0.2, -0.15) is 0 Å². The third-order valence-electron chi connectivity index (χ3n) is 4.58. The minimum atomic E-state index is 0.00616. The van der Waals surface area contributed by atoms with Gasteiger partial charge in [-0.05, 0) is 60.2 Å². The first-order valence-corrected chi connectivity index (χ1v) is 7.79. The highest BCUT2D eigenvalue weighted by Gasteiger charge is 2.27. The van der Waals surface area contributed by atoms with Gasteiger partial charge in [0.1, 0.15) is 0 Å². The van der Waals surface area contributed by atoms with Crippen molar-refractivity contribution < 1.29 is 0 Å². The van der Waals surface area contributed by atoms with Crippen LogP contribution in [0.5, 0.6) is 0 Å². The Morgan fingerprint density at radius 3 is 2.05 bits per heavy atom. The van der Waals surface area contributed by atoms with E-state index in [1.165, 1.54) is 33.5 Å². The van der Waals surface area contributed by atoms with Crippen molar-refractivity contribution in [2.24, 2.45) is 0 Å². The highest BCUT2D eigenvalue weighted by atomic mass is 14.8. The van der Waals surface area contributed by atoms with Crippen LogP contribution in [0.1, 0.15) is 48.6 Å². The fourth-order valence-electron chi connectivity index (χ4n) is 3.16. The van der Waals surface area contributed by atoms with Crippen LogP contribution in [0.2, 0.25) is 0 Å². The van der Waals surface area contributed by atoms with E-state index in [1.807, 2.05) is 7.05 Å². The molecule has 0 radical (unpaired) electrons. The van der Waals surface area contributed by atoms with Crippen LogP contribution in [0, 0.1) is 13.8 Å². The molecule has 0 amide bonds. The fraction of sp³-hybridized carbons (Fsp3) is 0.400. The van der Waals surface area contributed by atoms with Crippen molar-refractivity contribution in [3.05, 3.63) is 64.2 Å². The summed E-state index contributed by atoms with van der Waals surface area (Å²) < 4.78 is 0. The topological polar surface area (TPSA) is 12.0 Å². The zero-order chi connectivity index (χ0) is 15.6. The smallest absolute Gasteiger partial charge is 0.0340 e. The van der Waals surface area contributed by atoms with Crippen molar-refractivity contribution >= 4 is 5.69 Å². The summed E-state index contributed by atoms with van der Waals surface area (Å²) >= 11 is 0. The number of hydrogen-bond acceptors (Lipinski definition) is 1. The molecule has 0 aliphatic carbocycles. The molecule has 0 saturated heterocycles. The molecule has 2 aromatic carbocycles. The molecular weight excluding hydrogens is 254 g/mol. The van der Waals surface area contributed by atoms with Crippen LogP contribution < -0.4 is 5.32 Å². The van der Waals surface area contributed by atoms with Gasteiger partial charge in [0, 0.05) is 18.2 Å². The van der Waals surface area contributed by atoms with Gasteiger partial charge in [0.15, 0.2) is 0 Å². The zero-order valence-corrected chi connectivity index (χ0v) is 14.2. The number of rotatable bonds is 4. The molecule has 1 heteroatoms. The van der Waals surface area contributed by atoms with E-state index in [2.05, 4.69) is 76.3 Å². The third kappa shape index (κ3) is 2.97. The number of benzene rings is 2. The molecule has 0 spiro atoms. The summed E-state index contributed by atoms with van der Waals surface area (Å²) in [6.45, 7) is 11.3. The molecule has 0 aliphatic heterocycles. The van der Waals surface area contributed by atoms with Crippen molar-refractivity contribution in [1.82, 2.24) is 0 Å². The summed E-state index contributed by atoms with van der Waals surface area (Å²) in [6.07, 6.45) is 1.08. The standard InChI is InChI=1S/C20H27N/c1-7-16-10-8-14(2)18(12-16)20(4,5)19-13-17(21-6)11-9-15(19)3/h8-13,21H,7H2,1-6H3. The van der Waals surface area contributed by atoms with E-state index < -0.39 is 0 Å². The Morgan fingerprint density at radius 2 is 1.48 bits per heavy atom. The Labute approximate surface area is 129 Å². The van der Waals surface area contributed by atoms with E-state index >= 15 is 0 Å². The van der Waals surface area contributed by atoms with Crippen LogP contribution in [0.25, 0.3) is 0 Å². The fourth-order valence-corrected chi connectivity index (χ4v) is 3.16. The van der Waals surface area contributed by atoms with E-state index in [0.717, 1.165) is 6.42 Å². The quantitative estimate of drug-likeness (QED) is 0.808. The Hall–Kier alpha value is -1.76. The number of nitrogens with one attached hydrogen (secondary N) is 1. The van der Waals surface area contributed by atoms with Crippen molar-refractivity contribution in [2.75, 3.05) is 12.4 Å². The molecule has 0 bridgehead atoms. The van der Waals surface area contributed by atoms with Crippen LogP contribution >= 0.6 is 0 Å². The van der Waals surface area contributed by atoms with Gasteiger partial charge < -0.3 is 5.32 Å².